The van der Waals surface area contributed by atoms with Crippen molar-refractivity contribution in [2.45, 2.75) is 57.6 Å². The van der Waals surface area contributed by atoms with Gasteiger partial charge in [-0.25, -0.2) is 18.4 Å². The van der Waals surface area contributed by atoms with E-state index in [4.69, 9.17) is 9.47 Å². The Labute approximate surface area is 274 Å². The summed E-state index contributed by atoms with van der Waals surface area (Å²) in [6.45, 7) is 4.43. The Bertz CT molecular complexity index is 2120. The predicted octanol–water partition coefficient (Wildman–Crippen LogP) is 7.46. The Morgan fingerprint density at radius 1 is 1.12 bits per heavy atom. The van der Waals surface area contributed by atoms with Gasteiger partial charge < -0.3 is 24.5 Å². The molecule has 0 saturated heterocycles. The Hall–Kier alpha value is -5.36. The van der Waals surface area contributed by atoms with Crippen LogP contribution in [0.3, 0.4) is 0 Å². The second-order valence-corrected chi connectivity index (χ2v) is 12.5. The molecule has 6 bridgehead atoms. The van der Waals surface area contributed by atoms with Crippen LogP contribution >= 0.6 is 0 Å². The number of aromatic amines is 2. The number of carboxylic acid groups (broad SMARTS) is 1. The van der Waals surface area contributed by atoms with Crippen molar-refractivity contribution in [3.05, 3.63) is 113 Å². The smallest absolute Gasteiger partial charge is 0.303 e. The van der Waals surface area contributed by atoms with E-state index in [1.54, 1.807) is 23.3 Å². The molecule has 48 heavy (non-hydrogen) atoms. The first kappa shape index (κ1) is 31.3. The van der Waals surface area contributed by atoms with Gasteiger partial charge in [-0.15, -0.1) is 5.10 Å². The van der Waals surface area contributed by atoms with Crippen LogP contribution in [0.4, 0.5) is 8.78 Å². The molecule has 3 aromatic carbocycles. The van der Waals surface area contributed by atoms with Crippen LogP contribution in [0, 0.1) is 11.6 Å². The highest BCUT2D eigenvalue weighted by Crippen LogP contribution is 2.38. The lowest BCUT2D eigenvalue weighted by atomic mass is 9.90. The summed E-state index contributed by atoms with van der Waals surface area (Å²) in [6, 6.07) is 15.3. The van der Waals surface area contributed by atoms with E-state index in [9.17, 15) is 9.90 Å². The van der Waals surface area contributed by atoms with E-state index < -0.39 is 23.2 Å². The summed E-state index contributed by atoms with van der Waals surface area (Å²) in [5.74, 6) is -1.61. The second-order valence-electron chi connectivity index (χ2n) is 12.5. The standard InChI is InChI=1S/C36H34F2N6O4/c1-36(2)32-20-44(43-42-32)19-27-25-12-13-39-30(25)17-29(38)34(27)48-23-9-10-28(37)26(16-23)35-40-18-31(41-35)24(7-4-14-47-36)22-6-3-5-21(15-22)8-11-33(45)46/h3,5-6,9-10,12-13,15-18,20,24,39H,4,7-8,11,14,19H2,1-2H3,(H,40,41)(H,45,46). The summed E-state index contributed by atoms with van der Waals surface area (Å²) in [5.41, 5.74) is 3.80. The molecule has 1 atom stereocenters. The van der Waals surface area contributed by atoms with E-state index in [1.807, 2.05) is 44.2 Å². The normalized spacial score (nSPS) is 16.4. The van der Waals surface area contributed by atoms with Crippen LogP contribution in [0.25, 0.3) is 22.3 Å². The van der Waals surface area contributed by atoms with Crippen molar-refractivity contribution in [3.8, 4) is 22.9 Å². The largest absolute Gasteiger partial charge is 0.481 e. The number of halogens is 2. The van der Waals surface area contributed by atoms with Crippen molar-refractivity contribution in [2.24, 2.45) is 0 Å². The fourth-order valence-electron chi connectivity index (χ4n) is 6.23. The minimum absolute atomic E-state index is 0.00638. The van der Waals surface area contributed by atoms with E-state index in [2.05, 4.69) is 25.3 Å². The summed E-state index contributed by atoms with van der Waals surface area (Å²) in [5, 5.41) is 18.7. The van der Waals surface area contributed by atoms with E-state index in [-0.39, 0.29) is 35.9 Å². The summed E-state index contributed by atoms with van der Waals surface area (Å²) >= 11 is 0. The Kier molecular flexibility index (Phi) is 8.26. The van der Waals surface area contributed by atoms with Crippen LogP contribution in [0.2, 0.25) is 0 Å². The molecule has 0 amide bonds. The number of benzene rings is 3. The minimum Gasteiger partial charge on any atom is -0.481 e. The predicted molar refractivity (Wildman–Crippen MR) is 174 cm³/mol. The van der Waals surface area contributed by atoms with Crippen LogP contribution in [-0.4, -0.2) is 47.6 Å². The van der Waals surface area contributed by atoms with E-state index >= 15 is 8.78 Å². The molecule has 7 rings (SSSR count). The van der Waals surface area contributed by atoms with E-state index in [0.29, 0.717) is 48.5 Å². The van der Waals surface area contributed by atoms with Gasteiger partial charge in [-0.1, -0.05) is 29.5 Å². The van der Waals surface area contributed by atoms with Gasteiger partial charge in [0.15, 0.2) is 11.6 Å². The van der Waals surface area contributed by atoms with Crippen LogP contribution in [0.15, 0.2) is 73.2 Å². The average Bonchev–Trinajstić information content (AvgIpc) is 3.84. The summed E-state index contributed by atoms with van der Waals surface area (Å²) in [6.07, 6.45) is 6.97. The quantitative estimate of drug-likeness (QED) is 0.180. The molecule has 4 heterocycles. The van der Waals surface area contributed by atoms with E-state index in [1.165, 1.54) is 24.3 Å². The Balaban J connectivity index is 1.32. The van der Waals surface area contributed by atoms with Crippen molar-refractivity contribution in [2.75, 3.05) is 6.61 Å². The van der Waals surface area contributed by atoms with Crippen molar-refractivity contribution >= 4 is 16.9 Å². The molecule has 1 aliphatic rings. The molecular weight excluding hydrogens is 618 g/mol. The van der Waals surface area contributed by atoms with Crippen LogP contribution in [0.1, 0.15) is 67.1 Å². The molecule has 0 spiro atoms. The monoisotopic (exact) mass is 652 g/mol. The molecule has 0 aliphatic carbocycles. The maximum Gasteiger partial charge on any atom is 0.303 e. The summed E-state index contributed by atoms with van der Waals surface area (Å²) < 4.78 is 45.2. The van der Waals surface area contributed by atoms with Crippen LogP contribution in [-0.2, 0) is 28.1 Å². The topological polar surface area (TPSA) is 131 Å². The molecule has 3 aromatic heterocycles. The first-order valence-electron chi connectivity index (χ1n) is 15.8. The van der Waals surface area contributed by atoms with Gasteiger partial charge in [-0.2, -0.15) is 0 Å². The van der Waals surface area contributed by atoms with Crippen LogP contribution < -0.4 is 4.74 Å². The van der Waals surface area contributed by atoms with Crippen molar-refractivity contribution in [1.29, 1.82) is 0 Å². The first-order valence-corrected chi connectivity index (χ1v) is 15.8. The van der Waals surface area contributed by atoms with Gasteiger partial charge in [0, 0.05) is 59.6 Å². The SMILES string of the molecule is CC1(C)OCCCC(c2cccc(CCC(=O)O)c2)c2cnc([nH]2)-c2cc(ccc2F)Oc2c(F)cc3[nH]ccc3c2Cn2cc1nn2. The maximum absolute atomic E-state index is 15.7. The lowest BCUT2D eigenvalue weighted by Crippen LogP contribution is -2.23. The lowest BCUT2D eigenvalue weighted by Gasteiger charge is -2.23. The van der Waals surface area contributed by atoms with Gasteiger partial charge in [0.05, 0.1) is 18.3 Å². The number of hydrogen-bond acceptors (Lipinski definition) is 6. The summed E-state index contributed by atoms with van der Waals surface area (Å²) in [7, 11) is 0. The molecule has 1 unspecified atom stereocenters. The number of H-pyrrole nitrogens is 2. The number of fused-ring (bicyclic) bond motifs is 10. The zero-order chi connectivity index (χ0) is 33.4. The highest BCUT2D eigenvalue weighted by Gasteiger charge is 2.27. The average molecular weight is 653 g/mol. The number of imidazole rings is 1. The van der Waals surface area contributed by atoms with Gasteiger partial charge >= 0.3 is 5.97 Å². The molecule has 0 radical (unpaired) electrons. The molecule has 0 saturated carbocycles. The number of hydrogen-bond donors (Lipinski definition) is 3. The second kappa shape index (κ2) is 12.7. The first-order chi connectivity index (χ1) is 23.1. The number of aliphatic carboxylic acids is 1. The van der Waals surface area contributed by atoms with Gasteiger partial charge in [0.2, 0.25) is 0 Å². The number of nitrogens with zero attached hydrogens (tertiary/aromatic N) is 4. The molecule has 3 N–H and O–H groups in total. The number of carbonyl (C=O) groups is 1. The number of carboxylic acids is 1. The fourth-order valence-corrected chi connectivity index (χ4v) is 6.23. The van der Waals surface area contributed by atoms with Crippen LogP contribution in [0.5, 0.6) is 11.5 Å². The highest BCUT2D eigenvalue weighted by molar-refractivity contribution is 5.85. The van der Waals surface area contributed by atoms with E-state index in [0.717, 1.165) is 22.2 Å². The van der Waals surface area contributed by atoms with Gasteiger partial charge in [-0.3, -0.25) is 4.79 Å². The third-order valence-corrected chi connectivity index (χ3v) is 8.81. The molecule has 6 aromatic rings. The van der Waals surface area contributed by atoms with Crippen molar-refractivity contribution < 1.29 is 28.2 Å². The Morgan fingerprint density at radius 2 is 2.00 bits per heavy atom. The highest BCUT2D eigenvalue weighted by atomic mass is 19.1. The van der Waals surface area contributed by atoms with Gasteiger partial charge in [0.25, 0.3) is 0 Å². The number of aromatic nitrogens is 6. The third-order valence-electron chi connectivity index (χ3n) is 8.81. The number of ether oxygens (including phenoxy) is 2. The molecule has 0 fully saturated rings. The molecule has 246 valence electrons. The zero-order valence-electron chi connectivity index (χ0n) is 26.5. The van der Waals surface area contributed by atoms with Gasteiger partial charge in [0.1, 0.15) is 28.7 Å². The third kappa shape index (κ3) is 6.30. The zero-order valence-corrected chi connectivity index (χ0v) is 26.5. The summed E-state index contributed by atoms with van der Waals surface area (Å²) in [4.78, 5) is 22.2. The number of aryl methyl sites for hydroxylation is 1. The number of nitrogens with one attached hydrogen (secondary N) is 2. The molecule has 10 nitrogen and oxygen atoms in total. The molecule has 12 heteroatoms. The van der Waals surface area contributed by atoms with Crippen molar-refractivity contribution in [3.63, 3.8) is 0 Å². The molecular formula is C36H34F2N6O4. The number of rotatable bonds is 4. The fraction of sp³-hybridized carbons (Fsp3) is 0.278. The minimum atomic E-state index is -0.859. The maximum atomic E-state index is 15.7. The van der Waals surface area contributed by atoms with Crippen molar-refractivity contribution in [1.82, 2.24) is 29.9 Å². The lowest BCUT2D eigenvalue weighted by molar-refractivity contribution is -0.136. The Morgan fingerprint density at radius 3 is 2.85 bits per heavy atom. The molecule has 1 aliphatic heterocycles. The van der Waals surface area contributed by atoms with Gasteiger partial charge in [-0.05, 0) is 68.5 Å².